The Balaban J connectivity index is 2.42. The Morgan fingerprint density at radius 1 is 1.19 bits per heavy atom. The van der Waals surface area contributed by atoms with E-state index < -0.39 is 0 Å². The third-order valence-electron chi connectivity index (χ3n) is 2.36. The molecule has 1 saturated heterocycles. The lowest BCUT2D eigenvalue weighted by atomic mass is 10.2. The van der Waals surface area contributed by atoms with Crippen molar-refractivity contribution in [2.24, 2.45) is 0 Å². The van der Waals surface area contributed by atoms with Crippen molar-refractivity contribution in [3.63, 3.8) is 0 Å². The van der Waals surface area contributed by atoms with Crippen molar-refractivity contribution in [2.45, 2.75) is 6.42 Å². The first-order valence-electron chi connectivity index (χ1n) is 4.55. The van der Waals surface area contributed by atoms with Gasteiger partial charge in [-0.3, -0.25) is 9.59 Å². The first-order chi connectivity index (χ1) is 7.49. The van der Waals surface area contributed by atoms with Crippen molar-refractivity contribution >= 4 is 46.3 Å². The molecule has 1 aliphatic rings. The molecule has 1 aromatic carbocycles. The third kappa shape index (κ3) is 1.86. The van der Waals surface area contributed by atoms with Crippen LogP contribution in [-0.4, -0.2) is 18.2 Å². The van der Waals surface area contributed by atoms with Gasteiger partial charge in [0.1, 0.15) is 0 Å². The molecule has 1 heterocycles. The second-order valence-electron chi connectivity index (χ2n) is 3.52. The number of ketones is 1. The second-order valence-corrected chi connectivity index (χ2v) is 4.33. The zero-order valence-corrected chi connectivity index (χ0v) is 9.68. The van der Waals surface area contributed by atoms with E-state index in [-0.39, 0.29) is 40.4 Å². The molecule has 0 bridgehead atoms. The number of amides is 1. The summed E-state index contributed by atoms with van der Waals surface area (Å²) in [6.45, 7) is 0.0649. The summed E-state index contributed by atoms with van der Waals surface area (Å²) >= 11 is 11.7. The zero-order chi connectivity index (χ0) is 11.9. The summed E-state index contributed by atoms with van der Waals surface area (Å²) < 4.78 is 0. The van der Waals surface area contributed by atoms with E-state index in [2.05, 4.69) is 0 Å². The lowest BCUT2D eigenvalue weighted by Crippen LogP contribution is -2.24. The zero-order valence-electron chi connectivity index (χ0n) is 8.17. The highest BCUT2D eigenvalue weighted by atomic mass is 35.5. The highest BCUT2D eigenvalue weighted by molar-refractivity contribution is 6.39. The largest absolute Gasteiger partial charge is 0.396 e. The number of rotatable bonds is 1. The van der Waals surface area contributed by atoms with Crippen molar-refractivity contribution in [3.8, 4) is 0 Å². The van der Waals surface area contributed by atoms with Crippen molar-refractivity contribution in [1.29, 1.82) is 0 Å². The van der Waals surface area contributed by atoms with Crippen LogP contribution in [0.4, 0.5) is 11.4 Å². The number of benzene rings is 1. The predicted octanol–water partition coefficient (Wildman–Crippen LogP) is 1.88. The molecule has 0 spiro atoms. The molecular formula is C10H8Cl2N2O2. The lowest BCUT2D eigenvalue weighted by Gasteiger charge is -2.16. The minimum atomic E-state index is -0.248. The average molecular weight is 259 g/mol. The van der Waals surface area contributed by atoms with Gasteiger partial charge in [0.15, 0.2) is 5.78 Å². The van der Waals surface area contributed by atoms with Crippen LogP contribution in [0.15, 0.2) is 12.1 Å². The van der Waals surface area contributed by atoms with Gasteiger partial charge in [0.2, 0.25) is 5.91 Å². The van der Waals surface area contributed by atoms with E-state index in [1.165, 1.54) is 17.0 Å². The molecule has 0 radical (unpaired) electrons. The van der Waals surface area contributed by atoms with Crippen molar-refractivity contribution < 1.29 is 9.59 Å². The number of Topliss-reactive ketones (excluding diaryl/α,β-unsaturated/α-hetero) is 1. The maximum atomic E-state index is 11.5. The summed E-state index contributed by atoms with van der Waals surface area (Å²) in [6, 6.07) is 3.05. The van der Waals surface area contributed by atoms with Gasteiger partial charge in [0, 0.05) is 5.69 Å². The molecule has 0 aromatic heterocycles. The SMILES string of the molecule is Nc1c(Cl)cc(N2CC(=O)CC2=O)cc1Cl. The third-order valence-corrected chi connectivity index (χ3v) is 2.98. The maximum absolute atomic E-state index is 11.5. The van der Waals surface area contributed by atoms with E-state index in [1.807, 2.05) is 0 Å². The fourth-order valence-electron chi connectivity index (χ4n) is 1.55. The summed E-state index contributed by atoms with van der Waals surface area (Å²) in [5, 5.41) is 0.546. The molecule has 2 N–H and O–H groups in total. The van der Waals surface area contributed by atoms with Crippen LogP contribution in [0.25, 0.3) is 0 Å². The smallest absolute Gasteiger partial charge is 0.234 e. The highest BCUT2D eigenvalue weighted by Gasteiger charge is 2.29. The minimum Gasteiger partial charge on any atom is -0.396 e. The molecule has 84 valence electrons. The van der Waals surface area contributed by atoms with E-state index in [9.17, 15) is 9.59 Å². The van der Waals surface area contributed by atoms with Crippen LogP contribution in [0.3, 0.4) is 0 Å². The average Bonchev–Trinajstić information content (AvgIpc) is 2.53. The fourth-order valence-corrected chi connectivity index (χ4v) is 2.02. The Kier molecular flexibility index (Phi) is 2.78. The van der Waals surface area contributed by atoms with Gasteiger partial charge in [-0.2, -0.15) is 0 Å². The van der Waals surface area contributed by atoms with Gasteiger partial charge < -0.3 is 10.6 Å². The second kappa shape index (κ2) is 3.96. The molecule has 4 nitrogen and oxygen atoms in total. The van der Waals surface area contributed by atoms with E-state index in [0.29, 0.717) is 5.69 Å². The summed E-state index contributed by atoms with van der Waals surface area (Å²) in [5.41, 5.74) is 6.35. The molecule has 0 atom stereocenters. The van der Waals surface area contributed by atoms with E-state index >= 15 is 0 Å². The number of hydrogen-bond donors (Lipinski definition) is 1. The van der Waals surface area contributed by atoms with Crippen molar-refractivity contribution in [1.82, 2.24) is 0 Å². The number of hydrogen-bond acceptors (Lipinski definition) is 3. The molecule has 16 heavy (non-hydrogen) atoms. The van der Waals surface area contributed by atoms with Gasteiger partial charge in [0.05, 0.1) is 28.7 Å². The molecule has 1 amide bonds. The van der Waals surface area contributed by atoms with E-state index in [1.54, 1.807) is 0 Å². The molecule has 0 aliphatic carbocycles. The number of anilines is 2. The normalized spacial score (nSPS) is 16.0. The van der Waals surface area contributed by atoms with E-state index in [0.717, 1.165) is 0 Å². The number of carbonyl (C=O) groups is 2. The summed E-state index contributed by atoms with van der Waals surface area (Å²) in [4.78, 5) is 23.9. The Labute approximate surface area is 102 Å². The molecular weight excluding hydrogens is 251 g/mol. The van der Waals surface area contributed by atoms with Gasteiger partial charge in [-0.15, -0.1) is 0 Å². The first kappa shape index (κ1) is 11.2. The summed E-state index contributed by atoms with van der Waals surface area (Å²) in [6.07, 6.45) is -0.0698. The number of nitrogens with two attached hydrogens (primary N) is 1. The van der Waals surface area contributed by atoms with Crippen LogP contribution in [-0.2, 0) is 9.59 Å². The lowest BCUT2D eigenvalue weighted by molar-refractivity contribution is -0.121. The van der Waals surface area contributed by atoms with Crippen molar-refractivity contribution in [3.05, 3.63) is 22.2 Å². The van der Waals surface area contributed by atoms with Crippen LogP contribution >= 0.6 is 23.2 Å². The molecule has 6 heteroatoms. The topological polar surface area (TPSA) is 63.4 Å². The van der Waals surface area contributed by atoms with Gasteiger partial charge in [-0.25, -0.2) is 0 Å². The Morgan fingerprint density at radius 2 is 1.75 bits per heavy atom. The standard InChI is InChI=1S/C10H8Cl2N2O2/c11-7-1-5(2-8(12)10(7)13)14-4-6(15)3-9(14)16/h1-2H,3-4,13H2. The quantitative estimate of drug-likeness (QED) is 0.618. The first-order valence-corrected chi connectivity index (χ1v) is 5.31. The van der Waals surface area contributed by atoms with Crippen LogP contribution in [0.5, 0.6) is 0 Å². The summed E-state index contributed by atoms with van der Waals surface area (Å²) in [5.74, 6) is -0.365. The van der Waals surface area contributed by atoms with Gasteiger partial charge in [0.25, 0.3) is 0 Å². The number of nitrogens with zero attached hydrogens (tertiary/aromatic N) is 1. The predicted molar refractivity (Wildman–Crippen MR) is 62.9 cm³/mol. The van der Waals surface area contributed by atoms with Gasteiger partial charge in [-0.1, -0.05) is 23.2 Å². The number of halogens is 2. The summed E-state index contributed by atoms with van der Waals surface area (Å²) in [7, 11) is 0. The van der Waals surface area contributed by atoms with Crippen LogP contribution in [0.1, 0.15) is 6.42 Å². The Morgan fingerprint density at radius 3 is 2.19 bits per heavy atom. The van der Waals surface area contributed by atoms with Crippen LogP contribution in [0, 0.1) is 0 Å². The molecule has 0 unspecified atom stereocenters. The van der Waals surface area contributed by atoms with Gasteiger partial charge in [-0.05, 0) is 12.1 Å². The molecule has 1 aliphatic heterocycles. The van der Waals surface area contributed by atoms with Crippen molar-refractivity contribution in [2.75, 3.05) is 17.2 Å². The fraction of sp³-hybridized carbons (Fsp3) is 0.200. The monoisotopic (exact) mass is 258 g/mol. The Bertz CT molecular complexity index is 465. The van der Waals surface area contributed by atoms with Crippen LogP contribution in [0.2, 0.25) is 10.0 Å². The Hall–Kier alpha value is -1.26. The minimum absolute atomic E-state index is 0.0649. The number of carbonyl (C=O) groups excluding carboxylic acids is 2. The molecule has 0 saturated carbocycles. The molecule has 1 fully saturated rings. The van der Waals surface area contributed by atoms with Crippen LogP contribution < -0.4 is 10.6 Å². The molecule has 1 aromatic rings. The van der Waals surface area contributed by atoms with Gasteiger partial charge >= 0.3 is 0 Å². The maximum Gasteiger partial charge on any atom is 0.234 e. The highest BCUT2D eigenvalue weighted by Crippen LogP contribution is 2.33. The number of nitrogen functional groups attached to an aromatic ring is 1. The molecule has 2 rings (SSSR count). The van der Waals surface area contributed by atoms with E-state index in [4.69, 9.17) is 28.9 Å².